The van der Waals surface area contributed by atoms with Crippen LogP contribution in [0.25, 0.3) is 11.1 Å². The largest absolute Gasteiger partial charge is 0.507 e. The predicted molar refractivity (Wildman–Crippen MR) is 141 cm³/mol. The van der Waals surface area contributed by atoms with Gasteiger partial charge in [0.1, 0.15) is 11.5 Å². The van der Waals surface area contributed by atoms with E-state index in [0.29, 0.717) is 6.07 Å². The standard InChI is InChI=1S/C28H21F3N4O6/c1-13(36)18-11-24(38)21(10-19(18)17-6-5-16(34-14(2)37)9-22(17)28(29,30)31)25(33)26(39)35-23-7-4-15(12-32)8-20(23)27(40)41-3/h4-11,33,38H,1-3H3,(H,34,37)(H,35,39). The highest BCUT2D eigenvalue weighted by molar-refractivity contribution is 6.48. The number of halogens is 3. The molecule has 13 heteroatoms. The number of carbonyl (C=O) groups is 4. The minimum atomic E-state index is -4.94. The number of nitriles is 1. The quantitative estimate of drug-likeness (QED) is 0.179. The molecule has 0 atom stereocenters. The molecule has 0 aliphatic rings. The molecule has 0 unspecified atom stereocenters. The minimum absolute atomic E-state index is 0.0746. The highest BCUT2D eigenvalue weighted by atomic mass is 19.4. The number of hydrogen-bond donors (Lipinski definition) is 4. The molecule has 0 saturated carbocycles. The monoisotopic (exact) mass is 566 g/mol. The molecule has 2 amide bonds. The third-order valence-electron chi connectivity index (χ3n) is 5.75. The summed E-state index contributed by atoms with van der Waals surface area (Å²) in [6, 6.07) is 10.1. The lowest BCUT2D eigenvalue weighted by molar-refractivity contribution is -0.137. The van der Waals surface area contributed by atoms with Crippen molar-refractivity contribution in [2.24, 2.45) is 0 Å². The molecule has 3 rings (SSSR count). The fraction of sp³-hybridized carbons (Fsp3) is 0.143. The van der Waals surface area contributed by atoms with Gasteiger partial charge in [-0.3, -0.25) is 19.8 Å². The summed E-state index contributed by atoms with van der Waals surface area (Å²) in [4.78, 5) is 48.8. The maximum absolute atomic E-state index is 14.1. The van der Waals surface area contributed by atoms with E-state index in [1.807, 2.05) is 6.07 Å². The molecule has 10 nitrogen and oxygen atoms in total. The van der Waals surface area contributed by atoms with Crippen molar-refractivity contribution < 1.29 is 42.2 Å². The molecule has 0 aromatic heterocycles. The van der Waals surface area contributed by atoms with Crippen molar-refractivity contribution in [3.05, 3.63) is 76.3 Å². The third kappa shape index (κ3) is 6.56. The number of methoxy groups -OCH3 is 1. The normalized spacial score (nSPS) is 10.8. The zero-order valence-electron chi connectivity index (χ0n) is 21.7. The minimum Gasteiger partial charge on any atom is -0.507 e. The van der Waals surface area contributed by atoms with Crippen LogP contribution in [0.1, 0.15) is 51.3 Å². The van der Waals surface area contributed by atoms with Gasteiger partial charge in [-0.15, -0.1) is 0 Å². The van der Waals surface area contributed by atoms with Crippen LogP contribution in [0, 0.1) is 16.7 Å². The van der Waals surface area contributed by atoms with E-state index in [4.69, 9.17) is 10.7 Å². The van der Waals surface area contributed by atoms with Crippen LogP contribution in [-0.2, 0) is 20.5 Å². The van der Waals surface area contributed by atoms with E-state index in [9.17, 15) is 37.5 Å². The summed E-state index contributed by atoms with van der Waals surface area (Å²) >= 11 is 0. The SMILES string of the molecule is COC(=O)c1cc(C#N)ccc1NC(=O)C(=N)c1cc(-c2ccc(NC(C)=O)cc2C(F)(F)F)c(C(C)=O)cc1O. The van der Waals surface area contributed by atoms with Crippen LogP contribution >= 0.6 is 0 Å². The number of phenols is 1. The summed E-state index contributed by atoms with van der Waals surface area (Å²) in [6.07, 6.45) is -4.94. The highest BCUT2D eigenvalue weighted by Gasteiger charge is 2.35. The number of ether oxygens (including phenoxy) is 1. The zero-order valence-corrected chi connectivity index (χ0v) is 21.7. The Morgan fingerprint density at radius 3 is 2.17 bits per heavy atom. The molecule has 0 heterocycles. The number of anilines is 2. The molecule has 4 N–H and O–H groups in total. The van der Waals surface area contributed by atoms with Gasteiger partial charge in [0.15, 0.2) is 5.78 Å². The number of benzene rings is 3. The molecule has 0 saturated heterocycles. The first kappa shape index (κ1) is 30.0. The molecular weight excluding hydrogens is 545 g/mol. The Morgan fingerprint density at radius 2 is 1.61 bits per heavy atom. The number of aromatic hydroxyl groups is 1. The van der Waals surface area contributed by atoms with Crippen molar-refractivity contribution in [3.8, 4) is 22.9 Å². The van der Waals surface area contributed by atoms with Crippen molar-refractivity contribution in [2.75, 3.05) is 17.7 Å². The first-order chi connectivity index (χ1) is 19.2. The Hall–Kier alpha value is -5.51. The fourth-order valence-electron chi connectivity index (χ4n) is 3.91. The summed E-state index contributed by atoms with van der Waals surface area (Å²) in [5, 5.41) is 32.6. The molecule has 0 aliphatic heterocycles. The number of phenolic OH excluding ortho intramolecular Hbond substituents is 1. The van der Waals surface area contributed by atoms with Gasteiger partial charge in [0, 0.05) is 23.7 Å². The van der Waals surface area contributed by atoms with Crippen LogP contribution < -0.4 is 10.6 Å². The lowest BCUT2D eigenvalue weighted by Gasteiger charge is -2.18. The van der Waals surface area contributed by atoms with Gasteiger partial charge in [-0.2, -0.15) is 18.4 Å². The van der Waals surface area contributed by atoms with Gasteiger partial charge >= 0.3 is 12.1 Å². The Balaban J connectivity index is 2.14. The Bertz CT molecular complexity index is 1660. The van der Waals surface area contributed by atoms with E-state index in [1.165, 1.54) is 18.2 Å². The van der Waals surface area contributed by atoms with Crippen molar-refractivity contribution in [2.45, 2.75) is 20.0 Å². The molecule has 0 radical (unpaired) electrons. The molecule has 41 heavy (non-hydrogen) atoms. The molecular formula is C28H21F3N4O6. The number of nitrogens with one attached hydrogen (secondary N) is 3. The van der Waals surface area contributed by atoms with Gasteiger partial charge in [-0.1, -0.05) is 6.07 Å². The number of rotatable bonds is 7. The number of esters is 1. The van der Waals surface area contributed by atoms with Gasteiger partial charge in [-0.25, -0.2) is 4.79 Å². The number of amides is 2. The second kappa shape index (κ2) is 11.7. The van der Waals surface area contributed by atoms with Gasteiger partial charge in [0.25, 0.3) is 5.91 Å². The summed E-state index contributed by atoms with van der Waals surface area (Å²) in [7, 11) is 1.07. The van der Waals surface area contributed by atoms with Crippen molar-refractivity contribution >= 4 is 40.7 Å². The Kier molecular flexibility index (Phi) is 8.57. The maximum atomic E-state index is 14.1. The predicted octanol–water partition coefficient (Wildman–Crippen LogP) is 4.90. The van der Waals surface area contributed by atoms with Crippen LogP contribution in [0.2, 0.25) is 0 Å². The Labute approximate surface area is 230 Å². The van der Waals surface area contributed by atoms with E-state index in [2.05, 4.69) is 15.4 Å². The summed E-state index contributed by atoms with van der Waals surface area (Å²) in [5.41, 5.74) is -4.26. The van der Waals surface area contributed by atoms with Gasteiger partial charge in [0.05, 0.1) is 35.6 Å². The lowest BCUT2D eigenvalue weighted by Crippen LogP contribution is -2.24. The van der Waals surface area contributed by atoms with E-state index >= 15 is 0 Å². The van der Waals surface area contributed by atoms with Gasteiger partial charge < -0.3 is 20.5 Å². The zero-order chi connectivity index (χ0) is 30.6. The van der Waals surface area contributed by atoms with Crippen LogP contribution in [0.4, 0.5) is 24.5 Å². The van der Waals surface area contributed by atoms with Crippen LogP contribution in [-0.4, -0.2) is 41.5 Å². The fourth-order valence-corrected chi connectivity index (χ4v) is 3.91. The second-order valence-corrected chi connectivity index (χ2v) is 8.60. The molecule has 3 aromatic rings. The summed E-state index contributed by atoms with van der Waals surface area (Å²) < 4.78 is 46.9. The molecule has 0 fully saturated rings. The maximum Gasteiger partial charge on any atom is 0.417 e. The number of Topliss-reactive ketones (excluding diaryl/α,β-unsaturated/α-hetero) is 1. The van der Waals surface area contributed by atoms with Crippen LogP contribution in [0.15, 0.2) is 48.5 Å². The first-order valence-corrected chi connectivity index (χ1v) is 11.6. The van der Waals surface area contributed by atoms with E-state index in [1.54, 1.807) is 0 Å². The van der Waals surface area contributed by atoms with E-state index in [-0.39, 0.29) is 33.6 Å². The number of alkyl halides is 3. The second-order valence-electron chi connectivity index (χ2n) is 8.60. The molecule has 3 aromatic carbocycles. The highest BCUT2D eigenvalue weighted by Crippen LogP contribution is 2.41. The van der Waals surface area contributed by atoms with Crippen LogP contribution in [0.5, 0.6) is 5.75 Å². The average molecular weight is 566 g/mol. The average Bonchev–Trinajstić information content (AvgIpc) is 2.91. The van der Waals surface area contributed by atoms with Crippen LogP contribution in [0.3, 0.4) is 0 Å². The molecule has 210 valence electrons. The Morgan fingerprint density at radius 1 is 0.927 bits per heavy atom. The topological polar surface area (TPSA) is 169 Å². The third-order valence-corrected chi connectivity index (χ3v) is 5.75. The summed E-state index contributed by atoms with van der Waals surface area (Å²) in [5.74, 6) is -4.14. The number of carbonyl (C=O) groups excluding carboxylic acids is 4. The molecule has 0 aliphatic carbocycles. The smallest absolute Gasteiger partial charge is 0.417 e. The number of nitrogens with zero attached hydrogens (tertiary/aromatic N) is 1. The van der Waals surface area contributed by atoms with Crippen molar-refractivity contribution in [3.63, 3.8) is 0 Å². The first-order valence-electron chi connectivity index (χ1n) is 11.6. The van der Waals surface area contributed by atoms with Gasteiger partial charge in [0.2, 0.25) is 5.91 Å². The van der Waals surface area contributed by atoms with E-state index in [0.717, 1.165) is 45.2 Å². The van der Waals surface area contributed by atoms with Gasteiger partial charge in [-0.05, 0) is 60.5 Å². The number of ketones is 1. The molecule has 0 spiro atoms. The van der Waals surface area contributed by atoms with E-state index < -0.39 is 57.9 Å². The number of hydrogen-bond acceptors (Lipinski definition) is 8. The summed E-state index contributed by atoms with van der Waals surface area (Å²) in [6.45, 7) is 2.18. The van der Waals surface area contributed by atoms with Crippen molar-refractivity contribution in [1.29, 1.82) is 10.7 Å². The molecule has 0 bridgehead atoms. The van der Waals surface area contributed by atoms with Crippen molar-refractivity contribution in [1.82, 2.24) is 0 Å². The lowest BCUT2D eigenvalue weighted by atomic mass is 9.90.